The van der Waals surface area contributed by atoms with Crippen LogP contribution in [0.25, 0.3) is 5.57 Å². The summed E-state index contributed by atoms with van der Waals surface area (Å²) in [5.74, 6) is 0. The normalized spacial score (nSPS) is 9.44. The predicted octanol–water partition coefficient (Wildman–Crippen LogP) is 2.49. The number of rotatable bonds is 4. The Hall–Kier alpha value is -2.98. The lowest BCUT2D eigenvalue weighted by molar-refractivity contribution is 0.112. The minimum atomic E-state index is 0.0548. The number of nitriles is 2. The molecule has 0 aliphatic carbocycles. The summed E-state index contributed by atoms with van der Waals surface area (Å²) in [6.45, 7) is 7.15. The van der Waals surface area contributed by atoms with Crippen molar-refractivity contribution >= 4 is 18.1 Å². The van der Waals surface area contributed by atoms with Gasteiger partial charge in [0.25, 0.3) is 0 Å². The maximum Gasteiger partial charge on any atom is 0.150 e. The van der Waals surface area contributed by atoms with E-state index >= 15 is 0 Å². The number of carbonyl (C=O) groups is 1. The molecule has 0 saturated heterocycles. The van der Waals surface area contributed by atoms with Crippen molar-refractivity contribution in [3.05, 3.63) is 53.7 Å². The zero-order chi connectivity index (χ0) is 13.5. The monoisotopic (exact) mass is 235 g/mol. The molecule has 1 aromatic rings. The first-order valence-corrected chi connectivity index (χ1v) is 4.94. The Morgan fingerprint density at radius 2 is 2.06 bits per heavy atom. The van der Waals surface area contributed by atoms with Crippen LogP contribution < -0.4 is 0 Å². The number of aldehydes is 1. The van der Waals surface area contributed by atoms with E-state index < -0.39 is 0 Å². The van der Waals surface area contributed by atoms with Crippen molar-refractivity contribution in [3.63, 3.8) is 0 Å². The molecule has 0 spiro atoms. The van der Waals surface area contributed by atoms with Crippen molar-refractivity contribution in [2.24, 2.45) is 4.99 Å². The molecule has 1 aromatic carbocycles. The van der Waals surface area contributed by atoms with Crippen LogP contribution in [0.5, 0.6) is 0 Å². The fourth-order valence-corrected chi connectivity index (χ4v) is 1.26. The lowest BCUT2D eigenvalue weighted by atomic mass is 10.00. The van der Waals surface area contributed by atoms with Gasteiger partial charge in [0.2, 0.25) is 0 Å². The molecule has 4 heteroatoms. The maximum atomic E-state index is 10.6. The first-order chi connectivity index (χ1) is 8.62. The molecule has 0 N–H and O–H groups in total. The van der Waals surface area contributed by atoms with E-state index in [0.717, 1.165) is 0 Å². The van der Waals surface area contributed by atoms with Crippen LogP contribution in [0.1, 0.15) is 21.5 Å². The highest BCUT2D eigenvalue weighted by Gasteiger charge is 2.05. The maximum absolute atomic E-state index is 10.6. The number of aliphatic imine (C=N–C) groups is 1. The van der Waals surface area contributed by atoms with E-state index in [-0.39, 0.29) is 5.70 Å². The van der Waals surface area contributed by atoms with Crippen molar-refractivity contribution in [2.45, 2.75) is 0 Å². The van der Waals surface area contributed by atoms with Crippen LogP contribution in [0.4, 0.5) is 0 Å². The van der Waals surface area contributed by atoms with E-state index in [4.69, 9.17) is 10.5 Å². The Morgan fingerprint density at radius 1 is 1.33 bits per heavy atom. The average Bonchev–Trinajstić information content (AvgIpc) is 2.43. The first-order valence-electron chi connectivity index (χ1n) is 4.94. The minimum Gasteiger partial charge on any atom is -0.298 e. The van der Waals surface area contributed by atoms with Crippen LogP contribution in [-0.4, -0.2) is 12.5 Å². The van der Waals surface area contributed by atoms with E-state index in [0.29, 0.717) is 28.5 Å². The van der Waals surface area contributed by atoms with E-state index in [9.17, 15) is 4.79 Å². The summed E-state index contributed by atoms with van der Waals surface area (Å²) in [4.78, 5) is 14.4. The smallest absolute Gasteiger partial charge is 0.150 e. The number of hydrogen-bond donors (Lipinski definition) is 0. The minimum absolute atomic E-state index is 0.0548. The standard InChI is InChI=1S/C14H9N3O/c1-10(8-17-11(2)6-15)14-4-3-12(9-18)5-13(14)7-16/h3-5,8-9H,1-2H2. The molecular formula is C14H9N3O. The third kappa shape index (κ3) is 3.01. The lowest BCUT2D eigenvalue weighted by Crippen LogP contribution is -1.92. The van der Waals surface area contributed by atoms with Crippen LogP contribution >= 0.6 is 0 Å². The molecule has 18 heavy (non-hydrogen) atoms. The molecule has 0 bridgehead atoms. The van der Waals surface area contributed by atoms with Gasteiger partial charge < -0.3 is 0 Å². The molecule has 0 aliphatic rings. The summed E-state index contributed by atoms with van der Waals surface area (Å²) in [5.41, 5.74) is 1.84. The van der Waals surface area contributed by atoms with Gasteiger partial charge in [-0.25, -0.2) is 4.99 Å². The predicted molar refractivity (Wildman–Crippen MR) is 68.8 cm³/mol. The number of hydrogen-bond acceptors (Lipinski definition) is 4. The number of allylic oxidation sites excluding steroid dienone is 2. The Labute approximate surface area is 105 Å². The summed E-state index contributed by atoms with van der Waals surface area (Å²) in [7, 11) is 0. The van der Waals surface area contributed by atoms with Gasteiger partial charge in [0.15, 0.2) is 0 Å². The van der Waals surface area contributed by atoms with Gasteiger partial charge in [-0.05, 0) is 11.6 Å². The summed E-state index contributed by atoms with van der Waals surface area (Å²) >= 11 is 0. The summed E-state index contributed by atoms with van der Waals surface area (Å²) in [5, 5.41) is 17.5. The van der Waals surface area contributed by atoms with Gasteiger partial charge in [0.05, 0.1) is 11.6 Å². The van der Waals surface area contributed by atoms with Crippen LogP contribution in [0.3, 0.4) is 0 Å². The van der Waals surface area contributed by atoms with Crippen LogP contribution in [-0.2, 0) is 0 Å². The quantitative estimate of drug-likeness (QED) is 0.457. The van der Waals surface area contributed by atoms with Crippen molar-refractivity contribution in [1.82, 2.24) is 0 Å². The zero-order valence-corrected chi connectivity index (χ0v) is 9.55. The van der Waals surface area contributed by atoms with Gasteiger partial charge in [-0.15, -0.1) is 0 Å². The van der Waals surface area contributed by atoms with Gasteiger partial charge in [0.1, 0.15) is 18.1 Å². The molecule has 0 unspecified atom stereocenters. The SMILES string of the molecule is C=C(C#N)N=CC(=C)c1ccc(C=O)cc1C#N. The largest absolute Gasteiger partial charge is 0.298 e. The lowest BCUT2D eigenvalue weighted by Gasteiger charge is -2.03. The molecule has 0 aromatic heterocycles. The molecule has 0 aliphatic heterocycles. The molecule has 0 amide bonds. The highest BCUT2D eigenvalue weighted by molar-refractivity contribution is 6.10. The van der Waals surface area contributed by atoms with Gasteiger partial charge in [0, 0.05) is 17.3 Å². The highest BCUT2D eigenvalue weighted by Crippen LogP contribution is 2.17. The Kier molecular flexibility index (Phi) is 4.31. The molecule has 0 saturated carbocycles. The van der Waals surface area contributed by atoms with Crippen molar-refractivity contribution in [1.29, 1.82) is 10.5 Å². The highest BCUT2D eigenvalue weighted by atomic mass is 16.1. The Morgan fingerprint density at radius 3 is 2.61 bits per heavy atom. The Balaban J connectivity index is 3.12. The van der Waals surface area contributed by atoms with E-state index in [1.54, 1.807) is 18.2 Å². The fourth-order valence-electron chi connectivity index (χ4n) is 1.26. The third-order valence-corrected chi connectivity index (χ3v) is 2.15. The molecular weight excluding hydrogens is 226 g/mol. The second-order valence-electron chi connectivity index (χ2n) is 3.38. The van der Waals surface area contributed by atoms with Crippen LogP contribution in [0.15, 0.2) is 42.0 Å². The van der Waals surface area contributed by atoms with Gasteiger partial charge in [-0.2, -0.15) is 10.5 Å². The third-order valence-electron chi connectivity index (χ3n) is 2.15. The topological polar surface area (TPSA) is 77.0 Å². The van der Waals surface area contributed by atoms with E-state index in [1.165, 1.54) is 12.3 Å². The molecule has 86 valence electrons. The molecule has 1 rings (SSSR count). The first kappa shape index (κ1) is 13.1. The van der Waals surface area contributed by atoms with Crippen LogP contribution in [0, 0.1) is 22.7 Å². The van der Waals surface area contributed by atoms with E-state index in [2.05, 4.69) is 18.2 Å². The molecule has 4 nitrogen and oxygen atoms in total. The van der Waals surface area contributed by atoms with E-state index in [1.807, 2.05) is 6.07 Å². The van der Waals surface area contributed by atoms with Gasteiger partial charge >= 0.3 is 0 Å². The van der Waals surface area contributed by atoms with Gasteiger partial charge in [-0.3, -0.25) is 4.79 Å². The van der Waals surface area contributed by atoms with Crippen molar-refractivity contribution < 1.29 is 4.79 Å². The summed E-state index contributed by atoms with van der Waals surface area (Å²) in [6.07, 6.45) is 2.03. The second kappa shape index (κ2) is 5.93. The summed E-state index contributed by atoms with van der Waals surface area (Å²) in [6, 6.07) is 8.43. The van der Waals surface area contributed by atoms with Crippen molar-refractivity contribution in [3.8, 4) is 12.1 Å². The van der Waals surface area contributed by atoms with Crippen molar-refractivity contribution in [2.75, 3.05) is 0 Å². The van der Waals surface area contributed by atoms with Crippen LogP contribution in [0.2, 0.25) is 0 Å². The second-order valence-corrected chi connectivity index (χ2v) is 3.38. The zero-order valence-electron chi connectivity index (χ0n) is 9.55. The fraction of sp³-hybridized carbons (Fsp3) is 0. The molecule has 0 radical (unpaired) electrons. The molecule has 0 fully saturated rings. The Bertz CT molecular complexity index is 627. The molecule has 0 heterocycles. The molecule has 0 atom stereocenters. The number of carbonyl (C=O) groups excluding carboxylic acids is 1. The average molecular weight is 235 g/mol. The number of benzene rings is 1. The number of nitrogens with zero attached hydrogens (tertiary/aromatic N) is 3. The summed E-state index contributed by atoms with van der Waals surface area (Å²) < 4.78 is 0. The van der Waals surface area contributed by atoms with Gasteiger partial charge in [-0.1, -0.05) is 25.3 Å².